The van der Waals surface area contributed by atoms with E-state index in [1.807, 2.05) is 6.92 Å². The monoisotopic (exact) mass is 310 g/mol. The lowest BCUT2D eigenvalue weighted by atomic mass is 10.3. The molecule has 0 spiro atoms. The molecule has 0 unspecified atom stereocenters. The van der Waals surface area contributed by atoms with Crippen LogP contribution in [-0.4, -0.2) is 34.4 Å². The third-order valence-corrected chi connectivity index (χ3v) is 4.71. The number of hydrogen-bond donors (Lipinski definition) is 3. The van der Waals surface area contributed by atoms with Gasteiger partial charge in [-0.3, -0.25) is 14.5 Å². The molecule has 1 aliphatic rings. The van der Waals surface area contributed by atoms with Gasteiger partial charge >= 0.3 is 0 Å². The molecule has 0 amide bonds. The molecule has 0 atom stereocenters. The zero-order valence-corrected chi connectivity index (χ0v) is 12.5. The minimum absolute atomic E-state index is 0.0971. The highest BCUT2D eigenvalue weighted by Crippen LogP contribution is 2.21. The van der Waals surface area contributed by atoms with E-state index >= 15 is 0 Å². The van der Waals surface area contributed by atoms with Crippen LogP contribution in [0.4, 0.5) is 5.69 Å². The van der Waals surface area contributed by atoms with Crippen LogP contribution < -0.4 is 10.0 Å². The number of hydrogen-bond acceptors (Lipinski definition) is 5. The van der Waals surface area contributed by atoms with Gasteiger partial charge in [0.25, 0.3) is 10.0 Å². The van der Waals surface area contributed by atoms with Gasteiger partial charge in [-0.05, 0) is 19.8 Å². The Balaban J connectivity index is 1.75. The predicted octanol–water partition coefficient (Wildman–Crippen LogP) is 0.679. The van der Waals surface area contributed by atoms with Gasteiger partial charge in [-0.25, -0.2) is 0 Å². The summed E-state index contributed by atoms with van der Waals surface area (Å²) in [4.78, 5) is 0. The molecule has 3 rings (SSSR count). The molecule has 1 saturated carbocycles. The fraction of sp³-hybridized carbons (Fsp3) is 0.500. The molecule has 1 aliphatic carbocycles. The van der Waals surface area contributed by atoms with Crippen molar-refractivity contribution in [3.63, 3.8) is 0 Å². The standard InChI is InChI=1S/C12H18N6O2S/c1-2-18-8-11(7-15-18)17-21(19,20)12-9(6-14-16-12)5-13-10-3-4-10/h6-8,10,13,17H,2-5H2,1H3,(H,14,16). The topological polar surface area (TPSA) is 105 Å². The summed E-state index contributed by atoms with van der Waals surface area (Å²) < 4.78 is 29.0. The first-order valence-corrected chi connectivity index (χ1v) is 8.37. The summed E-state index contributed by atoms with van der Waals surface area (Å²) in [5.41, 5.74) is 1.07. The molecular weight excluding hydrogens is 292 g/mol. The summed E-state index contributed by atoms with van der Waals surface area (Å²) in [6, 6.07) is 0.506. The van der Waals surface area contributed by atoms with Crippen LogP contribution in [0.3, 0.4) is 0 Å². The molecule has 8 nitrogen and oxygen atoms in total. The number of rotatable bonds is 7. The molecule has 3 N–H and O–H groups in total. The van der Waals surface area contributed by atoms with E-state index in [0.29, 0.717) is 30.4 Å². The number of sulfonamides is 1. The van der Waals surface area contributed by atoms with Crippen LogP contribution in [-0.2, 0) is 23.1 Å². The normalized spacial score (nSPS) is 15.3. The Labute approximate surface area is 123 Å². The van der Waals surface area contributed by atoms with E-state index in [2.05, 4.69) is 25.3 Å². The van der Waals surface area contributed by atoms with E-state index in [9.17, 15) is 8.42 Å². The van der Waals surface area contributed by atoms with Crippen LogP contribution in [0.2, 0.25) is 0 Å². The van der Waals surface area contributed by atoms with Crippen molar-refractivity contribution in [3.05, 3.63) is 24.2 Å². The fourth-order valence-electron chi connectivity index (χ4n) is 1.99. The Morgan fingerprint density at radius 3 is 2.90 bits per heavy atom. The van der Waals surface area contributed by atoms with Crippen LogP contribution in [0.5, 0.6) is 0 Å². The lowest BCUT2D eigenvalue weighted by molar-refractivity contribution is 0.593. The van der Waals surface area contributed by atoms with E-state index in [1.165, 1.54) is 6.20 Å². The quantitative estimate of drug-likeness (QED) is 0.697. The summed E-state index contributed by atoms with van der Waals surface area (Å²) in [5, 5.41) is 13.8. The van der Waals surface area contributed by atoms with Crippen molar-refractivity contribution >= 4 is 15.7 Å². The Morgan fingerprint density at radius 1 is 1.43 bits per heavy atom. The van der Waals surface area contributed by atoms with Gasteiger partial charge in [-0.15, -0.1) is 0 Å². The van der Waals surface area contributed by atoms with Gasteiger partial charge in [0.2, 0.25) is 0 Å². The molecule has 0 bridgehead atoms. The lowest BCUT2D eigenvalue weighted by Crippen LogP contribution is -2.19. The number of anilines is 1. The number of aryl methyl sites for hydroxylation is 1. The summed E-state index contributed by atoms with van der Waals surface area (Å²) in [5.74, 6) is 0. The Kier molecular flexibility index (Phi) is 3.68. The Morgan fingerprint density at radius 2 is 2.24 bits per heavy atom. The number of H-pyrrole nitrogens is 1. The van der Waals surface area contributed by atoms with Crippen molar-refractivity contribution in [3.8, 4) is 0 Å². The van der Waals surface area contributed by atoms with E-state index in [0.717, 1.165) is 12.8 Å². The van der Waals surface area contributed by atoms with Crippen LogP contribution in [0.25, 0.3) is 0 Å². The maximum atomic E-state index is 12.4. The van der Waals surface area contributed by atoms with E-state index in [-0.39, 0.29) is 5.03 Å². The van der Waals surface area contributed by atoms with Gasteiger partial charge in [0.05, 0.1) is 18.1 Å². The Bertz CT molecular complexity index is 716. The van der Waals surface area contributed by atoms with Crippen molar-refractivity contribution in [2.75, 3.05) is 4.72 Å². The molecule has 0 aliphatic heterocycles. The van der Waals surface area contributed by atoms with Gasteiger partial charge in [-0.1, -0.05) is 0 Å². The number of aromatic amines is 1. The predicted molar refractivity (Wildman–Crippen MR) is 77.2 cm³/mol. The number of nitrogens with zero attached hydrogens (tertiary/aromatic N) is 3. The SMILES string of the molecule is CCn1cc(NS(=O)(=O)c2[nH]ncc2CNC2CC2)cn1. The minimum atomic E-state index is -3.68. The van der Waals surface area contributed by atoms with Crippen molar-refractivity contribution in [2.24, 2.45) is 0 Å². The summed E-state index contributed by atoms with van der Waals surface area (Å²) >= 11 is 0. The van der Waals surface area contributed by atoms with Crippen LogP contribution in [0.15, 0.2) is 23.6 Å². The minimum Gasteiger partial charge on any atom is -0.310 e. The molecular formula is C12H18N6O2S. The molecule has 2 aromatic rings. The highest BCUT2D eigenvalue weighted by molar-refractivity contribution is 7.92. The van der Waals surface area contributed by atoms with E-state index in [1.54, 1.807) is 17.1 Å². The van der Waals surface area contributed by atoms with Crippen LogP contribution in [0.1, 0.15) is 25.3 Å². The molecule has 114 valence electrons. The molecule has 0 aromatic carbocycles. The molecule has 2 aromatic heterocycles. The van der Waals surface area contributed by atoms with Crippen molar-refractivity contribution < 1.29 is 8.42 Å². The number of aromatic nitrogens is 4. The molecule has 21 heavy (non-hydrogen) atoms. The highest BCUT2D eigenvalue weighted by Gasteiger charge is 2.24. The van der Waals surface area contributed by atoms with Gasteiger partial charge in [-0.2, -0.15) is 18.6 Å². The molecule has 2 heterocycles. The third-order valence-electron chi connectivity index (χ3n) is 3.31. The first kappa shape index (κ1) is 14.1. The number of nitrogens with one attached hydrogen (secondary N) is 3. The smallest absolute Gasteiger partial charge is 0.279 e. The second-order valence-corrected chi connectivity index (χ2v) is 6.69. The maximum absolute atomic E-state index is 12.4. The van der Waals surface area contributed by atoms with Gasteiger partial charge in [0.15, 0.2) is 5.03 Å². The first-order valence-electron chi connectivity index (χ1n) is 6.89. The highest BCUT2D eigenvalue weighted by atomic mass is 32.2. The zero-order valence-electron chi connectivity index (χ0n) is 11.7. The molecule has 9 heteroatoms. The van der Waals surface area contributed by atoms with E-state index < -0.39 is 10.0 Å². The zero-order chi connectivity index (χ0) is 14.9. The summed E-state index contributed by atoms with van der Waals surface area (Å²) in [7, 11) is -3.68. The van der Waals surface area contributed by atoms with Crippen molar-refractivity contribution in [1.82, 2.24) is 25.3 Å². The third kappa shape index (κ3) is 3.24. The van der Waals surface area contributed by atoms with Gasteiger partial charge < -0.3 is 5.32 Å². The average molecular weight is 310 g/mol. The van der Waals surface area contributed by atoms with Crippen molar-refractivity contribution in [1.29, 1.82) is 0 Å². The van der Waals surface area contributed by atoms with Gasteiger partial charge in [0.1, 0.15) is 0 Å². The fourth-order valence-corrected chi connectivity index (χ4v) is 3.16. The molecule has 1 fully saturated rings. The van der Waals surface area contributed by atoms with Gasteiger partial charge in [0, 0.05) is 30.9 Å². The van der Waals surface area contributed by atoms with Crippen molar-refractivity contribution in [2.45, 2.75) is 43.9 Å². The second-order valence-electron chi connectivity index (χ2n) is 5.07. The first-order chi connectivity index (χ1) is 10.1. The molecule has 0 radical (unpaired) electrons. The second kappa shape index (κ2) is 5.49. The van der Waals surface area contributed by atoms with Crippen LogP contribution >= 0.6 is 0 Å². The lowest BCUT2D eigenvalue weighted by Gasteiger charge is -2.07. The Hall–Kier alpha value is -1.87. The van der Waals surface area contributed by atoms with Crippen LogP contribution in [0, 0.1) is 0 Å². The summed E-state index contributed by atoms with van der Waals surface area (Å²) in [6.07, 6.45) is 6.97. The largest absolute Gasteiger partial charge is 0.310 e. The summed E-state index contributed by atoms with van der Waals surface area (Å²) in [6.45, 7) is 3.11. The molecule has 0 saturated heterocycles. The average Bonchev–Trinajstić information content (AvgIpc) is 2.98. The maximum Gasteiger partial charge on any atom is 0.279 e. The van der Waals surface area contributed by atoms with E-state index in [4.69, 9.17) is 0 Å².